The highest BCUT2D eigenvalue weighted by molar-refractivity contribution is 5.93. The molecule has 28 heavy (non-hydrogen) atoms. The van der Waals surface area contributed by atoms with E-state index in [1.54, 1.807) is 6.08 Å². The Hall–Kier alpha value is -2.53. The molecule has 0 aromatic heterocycles. The smallest absolute Gasteiger partial charge is 0.273 e. The van der Waals surface area contributed by atoms with Crippen LogP contribution in [0.4, 0.5) is 0 Å². The van der Waals surface area contributed by atoms with Crippen molar-refractivity contribution in [3.63, 3.8) is 0 Å². The highest BCUT2D eigenvalue weighted by Gasteiger charge is 2.51. The number of rotatable bonds is 7. The quantitative estimate of drug-likeness (QED) is 0.637. The first-order chi connectivity index (χ1) is 13.3. The summed E-state index contributed by atoms with van der Waals surface area (Å²) in [6.45, 7) is 13.5. The summed E-state index contributed by atoms with van der Waals surface area (Å²) in [6.07, 6.45) is 6.72. The first-order valence-electron chi connectivity index (χ1n) is 9.52. The van der Waals surface area contributed by atoms with E-state index in [1.807, 2.05) is 45.0 Å². The Labute approximate surface area is 166 Å². The molecule has 0 spiro atoms. The second kappa shape index (κ2) is 7.84. The molecule has 0 radical (unpaired) electrons. The van der Waals surface area contributed by atoms with Gasteiger partial charge in [-0.2, -0.15) is 0 Å². The van der Waals surface area contributed by atoms with Gasteiger partial charge in [0, 0.05) is 18.4 Å². The molecule has 2 atom stereocenters. The van der Waals surface area contributed by atoms with Crippen molar-refractivity contribution in [2.75, 3.05) is 6.79 Å². The standard InChI is InChI=1S/C23H28O5/c1-6-8-16-10-11-19(20(12-16)27-22(3,4)5)28-23-14-17(9-7-2)18(24)13-21(23)25-15-26-23/h6-7,10-13,17H,1-2,8-9,14-15H2,3-5H3/t17-,23-/m1/s1. The van der Waals surface area contributed by atoms with E-state index in [9.17, 15) is 4.79 Å². The third-order valence-corrected chi connectivity index (χ3v) is 4.60. The van der Waals surface area contributed by atoms with E-state index in [4.69, 9.17) is 18.9 Å². The van der Waals surface area contributed by atoms with Gasteiger partial charge in [-0.3, -0.25) is 9.53 Å². The number of hydrogen-bond acceptors (Lipinski definition) is 5. The monoisotopic (exact) mass is 384 g/mol. The maximum absolute atomic E-state index is 12.3. The van der Waals surface area contributed by atoms with Crippen molar-refractivity contribution < 1.29 is 23.7 Å². The van der Waals surface area contributed by atoms with E-state index in [0.29, 0.717) is 30.1 Å². The molecule has 0 bridgehead atoms. The van der Waals surface area contributed by atoms with Crippen molar-refractivity contribution in [3.8, 4) is 11.5 Å². The Balaban J connectivity index is 1.96. The molecule has 1 aromatic carbocycles. The number of ether oxygens (including phenoxy) is 4. The van der Waals surface area contributed by atoms with Gasteiger partial charge in [-0.05, 0) is 51.3 Å². The Morgan fingerprint density at radius 2 is 2.04 bits per heavy atom. The maximum atomic E-state index is 12.3. The van der Waals surface area contributed by atoms with Gasteiger partial charge in [0.1, 0.15) is 5.60 Å². The normalized spacial score (nSPS) is 24.0. The molecule has 0 unspecified atom stereocenters. The average molecular weight is 384 g/mol. The minimum absolute atomic E-state index is 0.00659. The molecule has 5 heteroatoms. The number of fused-ring (bicyclic) bond motifs is 1. The fourth-order valence-corrected chi connectivity index (χ4v) is 3.39. The second-order valence-corrected chi connectivity index (χ2v) is 8.09. The van der Waals surface area contributed by atoms with Gasteiger partial charge in [0.25, 0.3) is 5.79 Å². The molecule has 0 N–H and O–H groups in total. The molecule has 1 heterocycles. The largest absolute Gasteiger partial charge is 0.484 e. The van der Waals surface area contributed by atoms with E-state index in [2.05, 4.69) is 13.2 Å². The summed E-state index contributed by atoms with van der Waals surface area (Å²) >= 11 is 0. The molecule has 1 aromatic rings. The van der Waals surface area contributed by atoms with E-state index in [-0.39, 0.29) is 18.5 Å². The summed E-state index contributed by atoms with van der Waals surface area (Å²) < 4.78 is 23.9. The lowest BCUT2D eigenvalue weighted by Gasteiger charge is -2.34. The van der Waals surface area contributed by atoms with Crippen LogP contribution >= 0.6 is 0 Å². The maximum Gasteiger partial charge on any atom is 0.273 e. The van der Waals surface area contributed by atoms with Crippen LogP contribution in [0.15, 0.2) is 55.3 Å². The van der Waals surface area contributed by atoms with Crippen LogP contribution in [0.5, 0.6) is 11.5 Å². The fourth-order valence-electron chi connectivity index (χ4n) is 3.39. The third kappa shape index (κ3) is 4.30. The summed E-state index contributed by atoms with van der Waals surface area (Å²) in [5, 5.41) is 0. The van der Waals surface area contributed by atoms with Gasteiger partial charge >= 0.3 is 0 Å². The number of ketones is 1. The summed E-state index contributed by atoms with van der Waals surface area (Å²) in [5.74, 6) is 0.202. The zero-order chi connectivity index (χ0) is 20.4. The van der Waals surface area contributed by atoms with Crippen LogP contribution in [0.2, 0.25) is 0 Å². The predicted octanol–water partition coefficient (Wildman–Crippen LogP) is 4.72. The van der Waals surface area contributed by atoms with Gasteiger partial charge in [-0.1, -0.05) is 18.2 Å². The number of hydrogen-bond donors (Lipinski definition) is 0. The van der Waals surface area contributed by atoms with Crippen LogP contribution in [0.1, 0.15) is 39.2 Å². The molecule has 150 valence electrons. The zero-order valence-corrected chi connectivity index (χ0v) is 16.8. The molecule has 0 saturated carbocycles. The van der Waals surface area contributed by atoms with Gasteiger partial charge in [0.05, 0.1) is 0 Å². The summed E-state index contributed by atoms with van der Waals surface area (Å²) in [5.41, 5.74) is 0.671. The topological polar surface area (TPSA) is 54.0 Å². The average Bonchev–Trinajstić information content (AvgIpc) is 2.99. The summed E-state index contributed by atoms with van der Waals surface area (Å²) in [6, 6.07) is 5.79. The molecule has 5 nitrogen and oxygen atoms in total. The van der Waals surface area contributed by atoms with Crippen LogP contribution in [0.25, 0.3) is 0 Å². The van der Waals surface area contributed by atoms with Crippen LogP contribution in [-0.2, 0) is 20.7 Å². The number of benzene rings is 1. The Morgan fingerprint density at radius 3 is 2.71 bits per heavy atom. The first kappa shape index (κ1) is 20.2. The minimum atomic E-state index is -1.13. The van der Waals surface area contributed by atoms with Crippen molar-refractivity contribution in [1.29, 1.82) is 0 Å². The van der Waals surface area contributed by atoms with E-state index >= 15 is 0 Å². The van der Waals surface area contributed by atoms with Crippen molar-refractivity contribution in [2.45, 2.75) is 51.4 Å². The molecular weight excluding hydrogens is 356 g/mol. The Morgan fingerprint density at radius 1 is 1.25 bits per heavy atom. The van der Waals surface area contributed by atoms with E-state index < -0.39 is 11.4 Å². The van der Waals surface area contributed by atoms with Crippen molar-refractivity contribution in [3.05, 3.63) is 60.9 Å². The molecule has 1 aliphatic carbocycles. The highest BCUT2D eigenvalue weighted by Crippen LogP contribution is 2.44. The minimum Gasteiger partial charge on any atom is -0.484 e. The van der Waals surface area contributed by atoms with Gasteiger partial charge in [-0.15, -0.1) is 13.2 Å². The van der Waals surface area contributed by atoms with Crippen LogP contribution < -0.4 is 9.47 Å². The summed E-state index contributed by atoms with van der Waals surface area (Å²) in [7, 11) is 0. The van der Waals surface area contributed by atoms with Crippen molar-refractivity contribution in [2.24, 2.45) is 5.92 Å². The molecule has 1 aliphatic heterocycles. The lowest BCUT2D eigenvalue weighted by atomic mass is 9.85. The highest BCUT2D eigenvalue weighted by atomic mass is 16.8. The van der Waals surface area contributed by atoms with Gasteiger partial charge in [0.2, 0.25) is 0 Å². The van der Waals surface area contributed by atoms with E-state index in [0.717, 1.165) is 12.0 Å². The lowest BCUT2D eigenvalue weighted by Crippen LogP contribution is -2.44. The predicted molar refractivity (Wildman–Crippen MR) is 107 cm³/mol. The Bertz CT molecular complexity index is 802. The SMILES string of the molecule is C=CCc1ccc(O[C@]23C[C@@H](CC=C)C(=O)C=C2OCO3)c(OC(C)(C)C)c1. The van der Waals surface area contributed by atoms with Crippen LogP contribution in [0, 0.1) is 5.92 Å². The van der Waals surface area contributed by atoms with Gasteiger partial charge < -0.3 is 14.2 Å². The van der Waals surface area contributed by atoms with E-state index in [1.165, 1.54) is 6.08 Å². The lowest BCUT2D eigenvalue weighted by molar-refractivity contribution is -0.154. The second-order valence-electron chi connectivity index (χ2n) is 8.09. The number of allylic oxidation sites excluding steroid dienone is 3. The molecule has 1 fully saturated rings. The third-order valence-electron chi connectivity index (χ3n) is 4.60. The fraction of sp³-hybridized carbons (Fsp3) is 0.435. The number of carbonyl (C=O) groups is 1. The van der Waals surface area contributed by atoms with Crippen LogP contribution in [-0.4, -0.2) is 24.0 Å². The van der Waals surface area contributed by atoms with Gasteiger partial charge in [-0.25, -0.2) is 0 Å². The molecule has 2 aliphatic rings. The molecule has 1 saturated heterocycles. The van der Waals surface area contributed by atoms with Crippen LogP contribution in [0.3, 0.4) is 0 Å². The zero-order valence-electron chi connectivity index (χ0n) is 16.8. The first-order valence-corrected chi connectivity index (χ1v) is 9.52. The molecular formula is C23H28O5. The molecule has 0 amide bonds. The molecule has 3 rings (SSSR count). The summed E-state index contributed by atoms with van der Waals surface area (Å²) in [4.78, 5) is 12.3. The number of carbonyl (C=O) groups excluding carboxylic acids is 1. The van der Waals surface area contributed by atoms with Gasteiger partial charge in [0.15, 0.2) is 29.8 Å². The van der Waals surface area contributed by atoms with Crippen molar-refractivity contribution >= 4 is 5.78 Å². The van der Waals surface area contributed by atoms with Crippen molar-refractivity contribution in [1.82, 2.24) is 0 Å². The Kier molecular flexibility index (Phi) is 5.66.